The SMILES string of the molecule is CCNC(=NCc1ccnc(OCC)c1)NCCc1cccc(F)c1. The van der Waals surface area contributed by atoms with Gasteiger partial charge in [0.2, 0.25) is 5.88 Å². The number of guanidine groups is 1. The zero-order valence-corrected chi connectivity index (χ0v) is 14.8. The maximum atomic E-state index is 13.2. The molecule has 0 radical (unpaired) electrons. The molecule has 2 rings (SSSR count). The molecule has 0 spiro atoms. The zero-order chi connectivity index (χ0) is 17.9. The molecule has 6 heteroatoms. The van der Waals surface area contributed by atoms with Crippen LogP contribution in [0.15, 0.2) is 47.6 Å². The average Bonchev–Trinajstić information content (AvgIpc) is 2.60. The van der Waals surface area contributed by atoms with Crippen molar-refractivity contribution in [3.8, 4) is 5.88 Å². The molecule has 2 aromatic rings. The van der Waals surface area contributed by atoms with Crippen molar-refractivity contribution >= 4 is 5.96 Å². The number of aromatic nitrogens is 1. The first kappa shape index (κ1) is 18.7. The topological polar surface area (TPSA) is 58.5 Å². The van der Waals surface area contributed by atoms with E-state index in [0.717, 1.165) is 30.1 Å². The molecule has 0 unspecified atom stereocenters. The summed E-state index contributed by atoms with van der Waals surface area (Å²) in [5.74, 6) is 1.13. The van der Waals surface area contributed by atoms with E-state index in [9.17, 15) is 4.39 Å². The predicted molar refractivity (Wildman–Crippen MR) is 98.3 cm³/mol. The van der Waals surface area contributed by atoms with Crippen LogP contribution in [-0.2, 0) is 13.0 Å². The van der Waals surface area contributed by atoms with E-state index in [1.807, 2.05) is 32.0 Å². The molecule has 0 aliphatic carbocycles. The van der Waals surface area contributed by atoms with E-state index >= 15 is 0 Å². The summed E-state index contributed by atoms with van der Waals surface area (Å²) >= 11 is 0. The lowest BCUT2D eigenvalue weighted by Crippen LogP contribution is -2.38. The van der Waals surface area contributed by atoms with Crippen LogP contribution < -0.4 is 15.4 Å². The van der Waals surface area contributed by atoms with Gasteiger partial charge in [-0.3, -0.25) is 0 Å². The summed E-state index contributed by atoms with van der Waals surface area (Å²) in [5.41, 5.74) is 1.99. The lowest BCUT2D eigenvalue weighted by Gasteiger charge is -2.11. The van der Waals surface area contributed by atoms with Crippen molar-refractivity contribution in [3.05, 3.63) is 59.5 Å². The fourth-order valence-electron chi connectivity index (χ4n) is 2.31. The molecular weight excluding hydrogens is 319 g/mol. The van der Waals surface area contributed by atoms with Crippen LogP contribution in [0.3, 0.4) is 0 Å². The van der Waals surface area contributed by atoms with Crippen LogP contribution in [0.4, 0.5) is 4.39 Å². The van der Waals surface area contributed by atoms with Crippen molar-refractivity contribution in [1.29, 1.82) is 0 Å². The minimum Gasteiger partial charge on any atom is -0.478 e. The Hall–Kier alpha value is -2.63. The van der Waals surface area contributed by atoms with E-state index < -0.39 is 0 Å². The van der Waals surface area contributed by atoms with E-state index in [2.05, 4.69) is 20.6 Å². The van der Waals surface area contributed by atoms with Crippen LogP contribution in [0, 0.1) is 5.82 Å². The molecule has 0 atom stereocenters. The third-order valence-corrected chi connectivity index (χ3v) is 3.45. The second-order valence-corrected chi connectivity index (χ2v) is 5.44. The molecule has 25 heavy (non-hydrogen) atoms. The molecule has 0 saturated heterocycles. The Morgan fingerprint density at radius 3 is 2.80 bits per heavy atom. The van der Waals surface area contributed by atoms with Crippen LogP contribution in [0.25, 0.3) is 0 Å². The number of rotatable bonds is 8. The largest absolute Gasteiger partial charge is 0.478 e. The van der Waals surface area contributed by atoms with Gasteiger partial charge in [0, 0.05) is 25.4 Å². The lowest BCUT2D eigenvalue weighted by molar-refractivity contribution is 0.326. The van der Waals surface area contributed by atoms with Crippen LogP contribution in [0.1, 0.15) is 25.0 Å². The predicted octanol–water partition coefficient (Wildman–Crippen LogP) is 2.92. The van der Waals surface area contributed by atoms with Gasteiger partial charge in [-0.15, -0.1) is 0 Å². The van der Waals surface area contributed by atoms with Gasteiger partial charge in [-0.25, -0.2) is 14.4 Å². The standard InChI is InChI=1S/C19H25FN4O/c1-3-21-19(23-11-8-15-6-5-7-17(20)12-15)24-14-16-9-10-22-18(13-16)25-4-2/h5-7,9-10,12-13H,3-4,8,11,14H2,1-2H3,(H2,21,23,24). The van der Waals surface area contributed by atoms with Gasteiger partial charge in [-0.05, 0) is 49.6 Å². The second-order valence-electron chi connectivity index (χ2n) is 5.44. The van der Waals surface area contributed by atoms with Crippen LogP contribution in [0.5, 0.6) is 5.88 Å². The first-order chi connectivity index (χ1) is 12.2. The monoisotopic (exact) mass is 344 g/mol. The fraction of sp³-hybridized carbons (Fsp3) is 0.368. The van der Waals surface area contributed by atoms with E-state index in [1.165, 1.54) is 6.07 Å². The minimum absolute atomic E-state index is 0.208. The summed E-state index contributed by atoms with van der Waals surface area (Å²) in [6, 6.07) is 10.5. The highest BCUT2D eigenvalue weighted by molar-refractivity contribution is 5.79. The number of aliphatic imine (C=N–C) groups is 1. The third kappa shape index (κ3) is 6.79. The van der Waals surface area contributed by atoms with Gasteiger partial charge in [0.15, 0.2) is 5.96 Å². The van der Waals surface area contributed by atoms with Gasteiger partial charge in [0.1, 0.15) is 5.82 Å². The van der Waals surface area contributed by atoms with Crippen LogP contribution in [-0.4, -0.2) is 30.6 Å². The van der Waals surface area contributed by atoms with Crippen molar-refractivity contribution in [1.82, 2.24) is 15.6 Å². The molecule has 0 aliphatic heterocycles. The molecule has 0 aliphatic rings. The average molecular weight is 344 g/mol. The van der Waals surface area contributed by atoms with Crippen molar-refractivity contribution in [2.24, 2.45) is 4.99 Å². The molecule has 0 bridgehead atoms. The van der Waals surface area contributed by atoms with Gasteiger partial charge in [0.25, 0.3) is 0 Å². The molecule has 5 nitrogen and oxygen atoms in total. The summed E-state index contributed by atoms with van der Waals surface area (Å²) < 4.78 is 18.6. The first-order valence-electron chi connectivity index (χ1n) is 8.55. The number of nitrogens with zero attached hydrogens (tertiary/aromatic N) is 2. The molecule has 2 N–H and O–H groups in total. The highest BCUT2D eigenvalue weighted by Gasteiger charge is 2.01. The Morgan fingerprint density at radius 2 is 2.04 bits per heavy atom. The number of halogens is 1. The molecule has 134 valence electrons. The highest BCUT2D eigenvalue weighted by atomic mass is 19.1. The van der Waals surface area contributed by atoms with Gasteiger partial charge in [0.05, 0.1) is 13.2 Å². The Balaban J connectivity index is 1.90. The Labute approximate surface area is 148 Å². The number of ether oxygens (including phenoxy) is 1. The van der Waals surface area contributed by atoms with E-state index in [4.69, 9.17) is 4.74 Å². The smallest absolute Gasteiger partial charge is 0.213 e. The zero-order valence-electron chi connectivity index (χ0n) is 14.8. The van der Waals surface area contributed by atoms with Gasteiger partial charge in [-0.1, -0.05) is 12.1 Å². The van der Waals surface area contributed by atoms with Gasteiger partial charge >= 0.3 is 0 Å². The maximum absolute atomic E-state index is 13.2. The number of pyridine rings is 1. The quantitative estimate of drug-likeness (QED) is 0.571. The van der Waals surface area contributed by atoms with Gasteiger partial charge in [-0.2, -0.15) is 0 Å². The second kappa shape index (κ2) is 10.3. The maximum Gasteiger partial charge on any atom is 0.213 e. The summed E-state index contributed by atoms with van der Waals surface area (Å²) in [6.07, 6.45) is 2.45. The lowest BCUT2D eigenvalue weighted by atomic mass is 10.1. The summed E-state index contributed by atoms with van der Waals surface area (Å²) in [4.78, 5) is 8.72. The highest BCUT2D eigenvalue weighted by Crippen LogP contribution is 2.10. The number of benzene rings is 1. The molecule has 0 saturated carbocycles. The molecule has 1 aromatic carbocycles. The van der Waals surface area contributed by atoms with Crippen molar-refractivity contribution in [2.75, 3.05) is 19.7 Å². The summed E-state index contributed by atoms with van der Waals surface area (Å²) in [5, 5.41) is 6.48. The molecular formula is C19H25FN4O. The number of hydrogen-bond donors (Lipinski definition) is 2. The molecule has 0 fully saturated rings. The minimum atomic E-state index is -0.208. The summed E-state index contributed by atoms with van der Waals surface area (Å²) in [6.45, 7) is 6.51. The molecule has 1 aromatic heterocycles. The molecule has 0 amide bonds. The summed E-state index contributed by atoms with van der Waals surface area (Å²) in [7, 11) is 0. The van der Waals surface area contributed by atoms with E-state index in [0.29, 0.717) is 25.6 Å². The van der Waals surface area contributed by atoms with Crippen molar-refractivity contribution in [2.45, 2.75) is 26.8 Å². The van der Waals surface area contributed by atoms with E-state index in [1.54, 1.807) is 18.3 Å². The van der Waals surface area contributed by atoms with Gasteiger partial charge < -0.3 is 15.4 Å². The Bertz CT molecular complexity index is 691. The van der Waals surface area contributed by atoms with Crippen LogP contribution >= 0.6 is 0 Å². The van der Waals surface area contributed by atoms with Crippen molar-refractivity contribution < 1.29 is 9.13 Å². The number of hydrogen-bond acceptors (Lipinski definition) is 3. The Kier molecular flexibility index (Phi) is 7.69. The number of nitrogens with one attached hydrogen (secondary N) is 2. The molecule has 1 heterocycles. The normalized spacial score (nSPS) is 11.2. The van der Waals surface area contributed by atoms with Crippen LogP contribution in [0.2, 0.25) is 0 Å². The third-order valence-electron chi connectivity index (χ3n) is 3.45. The Morgan fingerprint density at radius 1 is 1.16 bits per heavy atom. The fourth-order valence-corrected chi connectivity index (χ4v) is 2.31. The van der Waals surface area contributed by atoms with Crippen molar-refractivity contribution in [3.63, 3.8) is 0 Å². The first-order valence-corrected chi connectivity index (χ1v) is 8.55. The van der Waals surface area contributed by atoms with E-state index in [-0.39, 0.29) is 5.82 Å².